The summed E-state index contributed by atoms with van der Waals surface area (Å²) in [4.78, 5) is 32.3. The predicted molar refractivity (Wildman–Crippen MR) is 99.7 cm³/mol. The van der Waals surface area contributed by atoms with Gasteiger partial charge in [0.25, 0.3) is 5.91 Å². The Morgan fingerprint density at radius 1 is 1.19 bits per heavy atom. The highest BCUT2D eigenvalue weighted by Crippen LogP contribution is 2.21. The average Bonchev–Trinajstić information content (AvgIpc) is 2.68. The van der Waals surface area contributed by atoms with E-state index in [1.165, 1.54) is 18.3 Å². The van der Waals surface area contributed by atoms with E-state index in [9.17, 15) is 14.0 Å². The van der Waals surface area contributed by atoms with Gasteiger partial charge >= 0.3 is 5.97 Å². The van der Waals surface area contributed by atoms with E-state index in [1.54, 1.807) is 24.0 Å². The summed E-state index contributed by atoms with van der Waals surface area (Å²) in [6.07, 6.45) is 1.49. The largest absolute Gasteiger partial charge is 0.462 e. The number of aromatic nitrogens is 1. The standard InChI is InChI=1S/C19H19ClFN3O3/c1-2-27-19(26)13-3-6-17(22-12-13)23-7-9-24(10-8-23)18(25)15-5-4-14(21)11-16(15)20/h3-6,11-12H,2,7-10H2,1H3. The summed E-state index contributed by atoms with van der Waals surface area (Å²) in [5, 5.41) is 0.110. The number of anilines is 1. The lowest BCUT2D eigenvalue weighted by atomic mass is 10.1. The molecule has 1 saturated heterocycles. The molecule has 142 valence electrons. The maximum atomic E-state index is 13.2. The van der Waals surface area contributed by atoms with E-state index >= 15 is 0 Å². The summed E-state index contributed by atoms with van der Waals surface area (Å²) in [6.45, 7) is 4.24. The lowest BCUT2D eigenvalue weighted by molar-refractivity contribution is 0.0525. The first-order chi connectivity index (χ1) is 13.0. The molecule has 3 rings (SSSR count). The summed E-state index contributed by atoms with van der Waals surface area (Å²) in [5.41, 5.74) is 0.698. The Morgan fingerprint density at radius 3 is 2.52 bits per heavy atom. The van der Waals surface area contributed by atoms with Crippen molar-refractivity contribution in [2.45, 2.75) is 6.92 Å². The molecule has 0 spiro atoms. The fraction of sp³-hybridized carbons (Fsp3) is 0.316. The molecule has 2 aromatic rings. The van der Waals surface area contributed by atoms with Crippen LogP contribution in [0, 0.1) is 5.82 Å². The Hall–Kier alpha value is -2.67. The average molecular weight is 392 g/mol. The van der Waals surface area contributed by atoms with E-state index in [4.69, 9.17) is 16.3 Å². The van der Waals surface area contributed by atoms with Gasteiger partial charge in [-0.15, -0.1) is 0 Å². The molecule has 0 saturated carbocycles. The van der Waals surface area contributed by atoms with Crippen LogP contribution in [0.3, 0.4) is 0 Å². The number of pyridine rings is 1. The Balaban J connectivity index is 1.61. The number of piperazine rings is 1. The molecule has 1 aliphatic rings. The van der Waals surface area contributed by atoms with Crippen molar-refractivity contribution in [2.24, 2.45) is 0 Å². The minimum atomic E-state index is -0.473. The van der Waals surface area contributed by atoms with Gasteiger partial charge in [-0.3, -0.25) is 4.79 Å². The van der Waals surface area contributed by atoms with Crippen LogP contribution in [0.25, 0.3) is 0 Å². The molecule has 0 N–H and O–H groups in total. The van der Waals surface area contributed by atoms with E-state index in [2.05, 4.69) is 4.98 Å². The highest BCUT2D eigenvalue weighted by molar-refractivity contribution is 6.33. The maximum absolute atomic E-state index is 13.2. The number of esters is 1. The highest BCUT2D eigenvalue weighted by Gasteiger charge is 2.24. The first-order valence-corrected chi connectivity index (χ1v) is 9.00. The Kier molecular flexibility index (Phi) is 5.91. The van der Waals surface area contributed by atoms with Crippen molar-refractivity contribution in [1.29, 1.82) is 0 Å². The van der Waals surface area contributed by atoms with E-state index in [-0.39, 0.29) is 10.9 Å². The number of benzene rings is 1. The fourth-order valence-corrected chi connectivity index (χ4v) is 3.13. The monoisotopic (exact) mass is 391 g/mol. The zero-order chi connectivity index (χ0) is 19.4. The fourth-order valence-electron chi connectivity index (χ4n) is 2.88. The van der Waals surface area contributed by atoms with Gasteiger partial charge in [0.15, 0.2) is 0 Å². The van der Waals surface area contributed by atoms with Crippen molar-refractivity contribution in [3.63, 3.8) is 0 Å². The van der Waals surface area contributed by atoms with E-state index < -0.39 is 11.8 Å². The Morgan fingerprint density at radius 2 is 1.93 bits per heavy atom. The number of hydrogen-bond donors (Lipinski definition) is 0. The maximum Gasteiger partial charge on any atom is 0.339 e. The van der Waals surface area contributed by atoms with Crippen LogP contribution < -0.4 is 4.90 Å². The van der Waals surface area contributed by atoms with E-state index in [0.717, 1.165) is 11.9 Å². The molecule has 0 unspecified atom stereocenters. The second-order valence-corrected chi connectivity index (χ2v) is 6.44. The molecule has 0 bridgehead atoms. The van der Waals surface area contributed by atoms with E-state index in [1.807, 2.05) is 4.90 Å². The number of halogens is 2. The van der Waals surface area contributed by atoms with Crippen LogP contribution in [-0.4, -0.2) is 54.5 Å². The third-order valence-corrected chi connectivity index (χ3v) is 4.62. The molecule has 6 nitrogen and oxygen atoms in total. The van der Waals surface area contributed by atoms with Gasteiger partial charge in [-0.25, -0.2) is 14.2 Å². The summed E-state index contributed by atoms with van der Waals surface area (Å²) >= 11 is 5.99. The molecule has 1 amide bonds. The van der Waals surface area contributed by atoms with Gasteiger partial charge in [-0.05, 0) is 37.3 Å². The van der Waals surface area contributed by atoms with Gasteiger partial charge in [-0.2, -0.15) is 0 Å². The van der Waals surface area contributed by atoms with Gasteiger partial charge < -0.3 is 14.5 Å². The molecule has 0 aliphatic carbocycles. The predicted octanol–water partition coefficient (Wildman–Crippen LogP) is 3.01. The second-order valence-electron chi connectivity index (χ2n) is 6.03. The molecule has 0 radical (unpaired) electrons. The molecule has 1 aromatic heterocycles. The first-order valence-electron chi connectivity index (χ1n) is 8.62. The lowest BCUT2D eigenvalue weighted by Gasteiger charge is -2.35. The summed E-state index contributed by atoms with van der Waals surface area (Å²) in [5.74, 6) is -0.359. The zero-order valence-electron chi connectivity index (χ0n) is 14.8. The number of carbonyl (C=O) groups excluding carboxylic acids is 2. The van der Waals surface area contributed by atoms with Crippen molar-refractivity contribution < 1.29 is 18.7 Å². The van der Waals surface area contributed by atoms with Gasteiger partial charge in [-0.1, -0.05) is 11.6 Å². The normalized spacial score (nSPS) is 14.2. The molecule has 1 fully saturated rings. The molecule has 1 aliphatic heterocycles. The second kappa shape index (κ2) is 8.35. The first kappa shape index (κ1) is 19.1. The third kappa shape index (κ3) is 4.36. The van der Waals surface area contributed by atoms with Gasteiger partial charge in [0, 0.05) is 32.4 Å². The minimum absolute atomic E-state index is 0.110. The minimum Gasteiger partial charge on any atom is -0.462 e. The van der Waals surface area contributed by atoms with E-state index in [0.29, 0.717) is 43.9 Å². The number of carbonyl (C=O) groups is 2. The van der Waals surface area contributed by atoms with Crippen LogP contribution in [0.4, 0.5) is 10.2 Å². The highest BCUT2D eigenvalue weighted by atomic mass is 35.5. The van der Waals surface area contributed by atoms with Crippen molar-refractivity contribution in [1.82, 2.24) is 9.88 Å². The number of amides is 1. The lowest BCUT2D eigenvalue weighted by Crippen LogP contribution is -2.49. The van der Waals surface area contributed by atoms with Crippen LogP contribution >= 0.6 is 11.6 Å². The third-order valence-electron chi connectivity index (χ3n) is 4.31. The molecule has 1 aromatic carbocycles. The van der Waals surface area contributed by atoms with Crippen molar-refractivity contribution in [2.75, 3.05) is 37.7 Å². The summed E-state index contributed by atoms with van der Waals surface area (Å²) in [7, 11) is 0. The van der Waals surface area contributed by atoms with Crippen LogP contribution in [0.5, 0.6) is 0 Å². The van der Waals surface area contributed by atoms with Crippen molar-refractivity contribution in [3.8, 4) is 0 Å². The Labute approximate surface area is 161 Å². The molecule has 2 heterocycles. The number of hydrogen-bond acceptors (Lipinski definition) is 5. The zero-order valence-corrected chi connectivity index (χ0v) is 15.6. The summed E-state index contributed by atoms with van der Waals surface area (Å²) in [6, 6.07) is 7.21. The van der Waals surface area contributed by atoms with Crippen LogP contribution in [-0.2, 0) is 4.74 Å². The molecular formula is C19H19ClFN3O3. The van der Waals surface area contributed by atoms with Gasteiger partial charge in [0.1, 0.15) is 11.6 Å². The van der Waals surface area contributed by atoms with Crippen molar-refractivity contribution >= 4 is 29.3 Å². The van der Waals surface area contributed by atoms with Gasteiger partial charge in [0.05, 0.1) is 22.8 Å². The van der Waals surface area contributed by atoms with Crippen molar-refractivity contribution in [3.05, 3.63) is 58.5 Å². The summed E-state index contributed by atoms with van der Waals surface area (Å²) < 4.78 is 18.1. The quantitative estimate of drug-likeness (QED) is 0.750. The molecular weight excluding hydrogens is 373 g/mol. The topological polar surface area (TPSA) is 62.7 Å². The number of ether oxygens (including phenoxy) is 1. The van der Waals surface area contributed by atoms with Crippen LogP contribution in [0.15, 0.2) is 36.5 Å². The number of nitrogens with zero attached hydrogens (tertiary/aromatic N) is 3. The SMILES string of the molecule is CCOC(=O)c1ccc(N2CCN(C(=O)c3ccc(F)cc3Cl)CC2)nc1. The molecule has 8 heteroatoms. The molecule has 0 atom stereocenters. The smallest absolute Gasteiger partial charge is 0.339 e. The molecule has 27 heavy (non-hydrogen) atoms. The Bertz CT molecular complexity index is 837. The van der Waals surface area contributed by atoms with Gasteiger partial charge in [0.2, 0.25) is 0 Å². The van der Waals surface area contributed by atoms with Crippen LogP contribution in [0.2, 0.25) is 5.02 Å². The number of rotatable bonds is 4. The van der Waals surface area contributed by atoms with Crippen LogP contribution in [0.1, 0.15) is 27.6 Å².